The highest BCUT2D eigenvalue weighted by atomic mass is 19.3. The van der Waals surface area contributed by atoms with Crippen LogP contribution in [-0.4, -0.2) is 30.4 Å². The number of benzene rings is 1. The van der Waals surface area contributed by atoms with Crippen molar-refractivity contribution in [2.24, 2.45) is 0 Å². The minimum absolute atomic E-state index is 0.00755. The molecular formula is C14H13F2NO2. The topological polar surface area (TPSA) is 39.2 Å². The van der Waals surface area contributed by atoms with E-state index in [9.17, 15) is 13.6 Å². The normalized spacial score (nSPS) is 11.1. The molecule has 2 aromatic rings. The number of Topliss-reactive ketones (excluding diaryl/α,β-unsaturated/α-hetero) is 1. The Kier molecular flexibility index (Phi) is 4.52. The van der Waals surface area contributed by atoms with Crippen molar-refractivity contribution in [1.29, 1.82) is 0 Å². The van der Waals surface area contributed by atoms with Gasteiger partial charge in [0.15, 0.2) is 5.78 Å². The van der Waals surface area contributed by atoms with Crippen LogP contribution in [-0.2, 0) is 4.74 Å². The van der Waals surface area contributed by atoms with Crippen molar-refractivity contribution in [1.82, 2.24) is 4.98 Å². The highest BCUT2D eigenvalue weighted by Crippen LogP contribution is 2.18. The van der Waals surface area contributed by atoms with Crippen molar-refractivity contribution < 1.29 is 18.3 Å². The van der Waals surface area contributed by atoms with Crippen LogP contribution in [0.1, 0.15) is 16.8 Å². The molecule has 0 N–H and O–H groups in total. The first-order valence-corrected chi connectivity index (χ1v) is 5.90. The second-order valence-electron chi connectivity index (χ2n) is 4.05. The molecule has 0 spiro atoms. The maximum Gasteiger partial charge on any atom is 0.261 e. The van der Waals surface area contributed by atoms with E-state index in [1.54, 1.807) is 6.20 Å². The van der Waals surface area contributed by atoms with E-state index in [0.717, 1.165) is 10.8 Å². The number of ketones is 1. The fourth-order valence-corrected chi connectivity index (χ4v) is 1.81. The van der Waals surface area contributed by atoms with Gasteiger partial charge in [0.05, 0.1) is 6.61 Å². The highest BCUT2D eigenvalue weighted by molar-refractivity contribution is 6.07. The molecule has 2 rings (SSSR count). The molecule has 0 aliphatic carbocycles. The second-order valence-corrected chi connectivity index (χ2v) is 4.05. The van der Waals surface area contributed by atoms with Crippen LogP contribution in [0.3, 0.4) is 0 Å². The Morgan fingerprint density at radius 1 is 1.26 bits per heavy atom. The average molecular weight is 265 g/mol. The number of fused-ring (bicyclic) bond motifs is 1. The van der Waals surface area contributed by atoms with E-state index in [2.05, 4.69) is 4.98 Å². The molecule has 0 aliphatic heterocycles. The fourth-order valence-electron chi connectivity index (χ4n) is 1.81. The zero-order valence-electron chi connectivity index (χ0n) is 10.2. The van der Waals surface area contributed by atoms with Crippen molar-refractivity contribution in [2.45, 2.75) is 12.8 Å². The van der Waals surface area contributed by atoms with E-state index in [1.807, 2.05) is 24.3 Å². The van der Waals surface area contributed by atoms with Crippen LogP contribution in [0.2, 0.25) is 0 Å². The Bertz CT molecular complexity index is 567. The number of alkyl halides is 2. The number of nitrogens with zero attached hydrogens (tertiary/aromatic N) is 1. The molecule has 0 fully saturated rings. The van der Waals surface area contributed by atoms with Gasteiger partial charge in [-0.15, -0.1) is 0 Å². The largest absolute Gasteiger partial charge is 0.375 e. The monoisotopic (exact) mass is 265 g/mol. The second kappa shape index (κ2) is 6.33. The van der Waals surface area contributed by atoms with E-state index >= 15 is 0 Å². The zero-order valence-corrected chi connectivity index (χ0v) is 10.2. The first kappa shape index (κ1) is 13.5. The molecule has 1 heterocycles. The fraction of sp³-hybridized carbons (Fsp3) is 0.286. The SMILES string of the molecule is O=C(CCOCC(F)F)c1cncc2ccccc12. The van der Waals surface area contributed by atoms with Crippen molar-refractivity contribution in [3.05, 3.63) is 42.2 Å². The van der Waals surface area contributed by atoms with Crippen LogP contribution in [0, 0.1) is 0 Å². The Hall–Kier alpha value is -1.88. The number of pyridine rings is 1. The summed E-state index contributed by atoms with van der Waals surface area (Å²) in [5, 5.41) is 1.69. The molecule has 3 nitrogen and oxygen atoms in total. The van der Waals surface area contributed by atoms with Gasteiger partial charge in [0, 0.05) is 29.8 Å². The Labute approximate surface area is 109 Å². The Balaban J connectivity index is 2.05. The van der Waals surface area contributed by atoms with Crippen LogP contribution in [0.15, 0.2) is 36.7 Å². The van der Waals surface area contributed by atoms with Crippen molar-refractivity contribution in [3.8, 4) is 0 Å². The molecule has 0 atom stereocenters. The van der Waals surface area contributed by atoms with Gasteiger partial charge in [0.2, 0.25) is 0 Å². The number of carbonyl (C=O) groups is 1. The standard InChI is InChI=1S/C14H13F2NO2/c15-14(16)9-19-6-5-13(18)12-8-17-7-10-3-1-2-4-11(10)12/h1-4,7-8,14H,5-6,9H2. The minimum Gasteiger partial charge on any atom is -0.375 e. The average Bonchev–Trinajstić information content (AvgIpc) is 2.42. The van der Waals surface area contributed by atoms with E-state index in [4.69, 9.17) is 4.74 Å². The summed E-state index contributed by atoms with van der Waals surface area (Å²) in [6, 6.07) is 7.41. The summed E-state index contributed by atoms with van der Waals surface area (Å²) < 4.78 is 28.4. The molecule has 19 heavy (non-hydrogen) atoms. The number of rotatable bonds is 6. The van der Waals surface area contributed by atoms with E-state index in [-0.39, 0.29) is 18.8 Å². The smallest absolute Gasteiger partial charge is 0.261 e. The number of carbonyl (C=O) groups excluding carboxylic acids is 1. The minimum atomic E-state index is -2.51. The first-order chi connectivity index (χ1) is 9.18. The molecule has 0 unspecified atom stereocenters. The molecule has 100 valence electrons. The summed E-state index contributed by atoms with van der Waals surface area (Å²) in [5.41, 5.74) is 0.499. The summed E-state index contributed by atoms with van der Waals surface area (Å²) >= 11 is 0. The van der Waals surface area contributed by atoms with E-state index < -0.39 is 13.0 Å². The lowest BCUT2D eigenvalue weighted by atomic mass is 10.0. The quantitative estimate of drug-likeness (QED) is 0.595. The Morgan fingerprint density at radius 3 is 2.84 bits per heavy atom. The van der Waals surface area contributed by atoms with Gasteiger partial charge < -0.3 is 4.74 Å². The van der Waals surface area contributed by atoms with Crippen LogP contribution in [0.25, 0.3) is 10.8 Å². The Morgan fingerprint density at radius 2 is 2.05 bits per heavy atom. The van der Waals surface area contributed by atoms with E-state index in [0.29, 0.717) is 5.56 Å². The van der Waals surface area contributed by atoms with Gasteiger partial charge in [0.25, 0.3) is 6.43 Å². The summed E-state index contributed by atoms with van der Waals surface area (Å²) in [6.45, 7) is -0.645. The summed E-state index contributed by atoms with van der Waals surface area (Å²) in [4.78, 5) is 16.0. The van der Waals surface area contributed by atoms with Gasteiger partial charge in [-0.25, -0.2) is 8.78 Å². The lowest BCUT2D eigenvalue weighted by Gasteiger charge is -2.06. The van der Waals surface area contributed by atoms with Crippen LogP contribution in [0.4, 0.5) is 8.78 Å². The zero-order chi connectivity index (χ0) is 13.7. The number of hydrogen-bond acceptors (Lipinski definition) is 3. The summed E-state index contributed by atoms with van der Waals surface area (Å²) in [5.74, 6) is -0.154. The van der Waals surface area contributed by atoms with Gasteiger partial charge in [-0.2, -0.15) is 0 Å². The van der Waals surface area contributed by atoms with Crippen LogP contribution in [0.5, 0.6) is 0 Å². The van der Waals surface area contributed by atoms with Gasteiger partial charge in [0.1, 0.15) is 6.61 Å². The van der Waals surface area contributed by atoms with Crippen LogP contribution >= 0.6 is 0 Å². The molecule has 0 amide bonds. The summed E-state index contributed by atoms with van der Waals surface area (Å²) in [6.07, 6.45) is 0.744. The molecule has 0 aliphatic rings. The maximum absolute atomic E-state index is 12.0. The molecule has 0 saturated heterocycles. The molecule has 0 saturated carbocycles. The van der Waals surface area contributed by atoms with E-state index in [1.165, 1.54) is 6.20 Å². The van der Waals surface area contributed by atoms with Crippen molar-refractivity contribution >= 4 is 16.6 Å². The predicted octanol–water partition coefficient (Wildman–Crippen LogP) is 3.09. The maximum atomic E-state index is 12.0. The number of aromatic nitrogens is 1. The lowest BCUT2D eigenvalue weighted by molar-refractivity contribution is 0.0170. The highest BCUT2D eigenvalue weighted by Gasteiger charge is 2.11. The third-order valence-electron chi connectivity index (χ3n) is 2.69. The molecule has 0 radical (unpaired) electrons. The number of halogens is 2. The van der Waals surface area contributed by atoms with Gasteiger partial charge in [-0.05, 0) is 5.39 Å². The molecule has 1 aromatic heterocycles. The van der Waals surface area contributed by atoms with Gasteiger partial charge in [-0.1, -0.05) is 24.3 Å². The molecular weight excluding hydrogens is 252 g/mol. The molecule has 5 heteroatoms. The van der Waals surface area contributed by atoms with Gasteiger partial charge in [-0.3, -0.25) is 9.78 Å². The van der Waals surface area contributed by atoms with Gasteiger partial charge >= 0.3 is 0 Å². The molecule has 0 bridgehead atoms. The molecule has 1 aromatic carbocycles. The van der Waals surface area contributed by atoms with Crippen LogP contribution < -0.4 is 0 Å². The first-order valence-electron chi connectivity index (χ1n) is 5.90. The number of ether oxygens (including phenoxy) is 1. The summed E-state index contributed by atoms with van der Waals surface area (Å²) in [7, 11) is 0. The number of hydrogen-bond donors (Lipinski definition) is 0. The predicted molar refractivity (Wildman–Crippen MR) is 67.5 cm³/mol. The third kappa shape index (κ3) is 3.54. The van der Waals surface area contributed by atoms with Crippen molar-refractivity contribution in [3.63, 3.8) is 0 Å². The lowest BCUT2D eigenvalue weighted by Crippen LogP contribution is -2.10. The van der Waals surface area contributed by atoms with Crippen molar-refractivity contribution in [2.75, 3.05) is 13.2 Å². The third-order valence-corrected chi connectivity index (χ3v) is 2.69.